The van der Waals surface area contributed by atoms with E-state index >= 15 is 0 Å². The third-order valence-electron chi connectivity index (χ3n) is 2.73. The van der Waals surface area contributed by atoms with E-state index in [1.54, 1.807) is 6.08 Å². The fraction of sp³-hybridized carbons (Fsp3) is 0.727. The summed E-state index contributed by atoms with van der Waals surface area (Å²) in [7, 11) is 0. The molecule has 0 aromatic rings. The maximum Gasteiger partial charge on any atom is 0.142 e. The normalized spacial score (nSPS) is 25.2. The average Bonchev–Trinajstić information content (AvgIpc) is 2.19. The zero-order valence-electron chi connectivity index (χ0n) is 8.41. The highest BCUT2D eigenvalue weighted by Gasteiger charge is 2.16. The molecule has 74 valence electrons. The molecule has 0 radical (unpaired) electrons. The quantitative estimate of drug-likeness (QED) is 0.487. The van der Waals surface area contributed by atoms with Crippen LogP contribution in [0.1, 0.15) is 26.2 Å². The molecule has 1 rings (SSSR count). The largest absolute Gasteiger partial charge is 0.303 e. The zero-order chi connectivity index (χ0) is 9.52. The minimum atomic E-state index is 0.768. The van der Waals surface area contributed by atoms with Crippen molar-refractivity contribution < 1.29 is 4.79 Å². The fourth-order valence-electron chi connectivity index (χ4n) is 1.96. The van der Waals surface area contributed by atoms with Gasteiger partial charge in [-0.05, 0) is 44.3 Å². The lowest BCUT2D eigenvalue weighted by atomic mass is 9.95. The third-order valence-corrected chi connectivity index (χ3v) is 2.73. The van der Waals surface area contributed by atoms with Crippen molar-refractivity contribution in [1.29, 1.82) is 0 Å². The molecule has 0 aromatic heterocycles. The summed E-state index contributed by atoms with van der Waals surface area (Å²) in [5, 5.41) is 0. The standard InChI is InChI=1S/C11H19NO/c1-2-12-8-5-7-11(10-12)6-3-4-9-13/h3-4,9,11H,2,5-8,10H2,1H3/b4-3-. The molecule has 0 aromatic carbocycles. The Balaban J connectivity index is 2.25. The number of nitrogens with zero attached hydrogens (tertiary/aromatic N) is 1. The Labute approximate surface area is 80.6 Å². The van der Waals surface area contributed by atoms with E-state index in [1.165, 1.54) is 25.9 Å². The second-order valence-electron chi connectivity index (χ2n) is 3.70. The van der Waals surface area contributed by atoms with Crippen molar-refractivity contribution in [2.75, 3.05) is 19.6 Å². The number of aldehydes is 1. The SMILES string of the molecule is CCN1CCCC(C/C=C\C=O)C1. The minimum absolute atomic E-state index is 0.768. The van der Waals surface area contributed by atoms with Crippen LogP contribution in [0.15, 0.2) is 12.2 Å². The summed E-state index contributed by atoms with van der Waals surface area (Å²) >= 11 is 0. The lowest BCUT2D eigenvalue weighted by Crippen LogP contribution is -2.34. The molecule has 0 amide bonds. The number of piperidine rings is 1. The maximum atomic E-state index is 10.1. The van der Waals surface area contributed by atoms with Crippen LogP contribution in [0.3, 0.4) is 0 Å². The Bertz CT molecular complexity index is 177. The van der Waals surface area contributed by atoms with Crippen LogP contribution in [0.2, 0.25) is 0 Å². The number of hydrogen-bond donors (Lipinski definition) is 0. The Morgan fingerprint density at radius 1 is 1.54 bits per heavy atom. The lowest BCUT2D eigenvalue weighted by molar-refractivity contribution is -0.104. The highest BCUT2D eigenvalue weighted by Crippen LogP contribution is 2.19. The molecule has 1 atom stereocenters. The van der Waals surface area contributed by atoms with Gasteiger partial charge in [-0.3, -0.25) is 4.79 Å². The molecule has 1 saturated heterocycles. The first-order valence-corrected chi connectivity index (χ1v) is 5.19. The maximum absolute atomic E-state index is 10.1. The first-order valence-electron chi connectivity index (χ1n) is 5.19. The molecule has 1 aliphatic rings. The Hall–Kier alpha value is -0.630. The first kappa shape index (κ1) is 10.5. The summed E-state index contributed by atoms with van der Waals surface area (Å²) < 4.78 is 0. The number of carbonyl (C=O) groups is 1. The predicted octanol–water partition coefficient (Wildman–Crippen LogP) is 1.86. The molecule has 1 heterocycles. The van der Waals surface area contributed by atoms with Crippen molar-refractivity contribution in [3.05, 3.63) is 12.2 Å². The summed E-state index contributed by atoms with van der Waals surface area (Å²) in [6.07, 6.45) is 8.17. The van der Waals surface area contributed by atoms with Gasteiger partial charge in [-0.15, -0.1) is 0 Å². The average molecular weight is 181 g/mol. The molecule has 1 unspecified atom stereocenters. The molecular formula is C11H19NO. The second-order valence-corrected chi connectivity index (χ2v) is 3.70. The summed E-state index contributed by atoms with van der Waals surface area (Å²) in [6, 6.07) is 0. The summed E-state index contributed by atoms with van der Waals surface area (Å²) in [5.41, 5.74) is 0. The molecule has 13 heavy (non-hydrogen) atoms. The number of carbonyl (C=O) groups excluding carboxylic acids is 1. The van der Waals surface area contributed by atoms with Crippen molar-refractivity contribution in [3.63, 3.8) is 0 Å². The topological polar surface area (TPSA) is 20.3 Å². The van der Waals surface area contributed by atoms with Gasteiger partial charge < -0.3 is 4.90 Å². The van der Waals surface area contributed by atoms with Crippen LogP contribution in [0.4, 0.5) is 0 Å². The first-order chi connectivity index (χ1) is 6.36. The van der Waals surface area contributed by atoms with Gasteiger partial charge in [0.15, 0.2) is 0 Å². The van der Waals surface area contributed by atoms with Crippen LogP contribution in [0.5, 0.6) is 0 Å². The van der Waals surface area contributed by atoms with E-state index in [9.17, 15) is 4.79 Å². The van der Waals surface area contributed by atoms with Crippen molar-refractivity contribution >= 4 is 6.29 Å². The Kier molecular flexibility index (Phi) is 4.76. The van der Waals surface area contributed by atoms with Gasteiger partial charge in [0.1, 0.15) is 6.29 Å². The van der Waals surface area contributed by atoms with Gasteiger partial charge in [0.2, 0.25) is 0 Å². The third kappa shape index (κ3) is 3.73. The summed E-state index contributed by atoms with van der Waals surface area (Å²) in [6.45, 7) is 5.83. The smallest absolute Gasteiger partial charge is 0.142 e. The molecule has 2 heteroatoms. The van der Waals surface area contributed by atoms with E-state index in [2.05, 4.69) is 11.8 Å². The van der Waals surface area contributed by atoms with E-state index in [0.29, 0.717) is 0 Å². The van der Waals surface area contributed by atoms with Crippen LogP contribution in [-0.2, 0) is 4.79 Å². The Morgan fingerprint density at radius 2 is 2.38 bits per heavy atom. The monoisotopic (exact) mass is 181 g/mol. The van der Waals surface area contributed by atoms with Gasteiger partial charge >= 0.3 is 0 Å². The van der Waals surface area contributed by atoms with E-state index in [0.717, 1.165) is 25.2 Å². The Morgan fingerprint density at radius 3 is 3.08 bits per heavy atom. The summed E-state index contributed by atoms with van der Waals surface area (Å²) in [5.74, 6) is 0.768. The van der Waals surface area contributed by atoms with Crippen molar-refractivity contribution in [2.24, 2.45) is 5.92 Å². The minimum Gasteiger partial charge on any atom is -0.303 e. The molecule has 0 saturated carbocycles. The molecule has 0 bridgehead atoms. The molecule has 1 aliphatic heterocycles. The van der Waals surface area contributed by atoms with Gasteiger partial charge in [-0.1, -0.05) is 13.0 Å². The molecular weight excluding hydrogens is 162 g/mol. The molecule has 2 nitrogen and oxygen atoms in total. The van der Waals surface area contributed by atoms with Crippen LogP contribution in [0, 0.1) is 5.92 Å². The van der Waals surface area contributed by atoms with E-state index in [1.807, 2.05) is 6.08 Å². The zero-order valence-corrected chi connectivity index (χ0v) is 8.41. The molecule has 0 spiro atoms. The fourth-order valence-corrected chi connectivity index (χ4v) is 1.96. The van der Waals surface area contributed by atoms with Gasteiger partial charge in [0, 0.05) is 6.54 Å². The van der Waals surface area contributed by atoms with Crippen molar-refractivity contribution in [3.8, 4) is 0 Å². The van der Waals surface area contributed by atoms with Gasteiger partial charge in [0.25, 0.3) is 0 Å². The van der Waals surface area contributed by atoms with Crippen molar-refractivity contribution in [2.45, 2.75) is 26.2 Å². The number of rotatable bonds is 4. The molecule has 1 fully saturated rings. The molecule has 0 N–H and O–H groups in total. The van der Waals surface area contributed by atoms with Gasteiger partial charge in [-0.25, -0.2) is 0 Å². The number of allylic oxidation sites excluding steroid dienone is 2. The number of hydrogen-bond acceptors (Lipinski definition) is 2. The van der Waals surface area contributed by atoms with Gasteiger partial charge in [0.05, 0.1) is 0 Å². The second kappa shape index (κ2) is 5.92. The van der Waals surface area contributed by atoms with E-state index in [4.69, 9.17) is 0 Å². The van der Waals surface area contributed by atoms with Gasteiger partial charge in [-0.2, -0.15) is 0 Å². The number of likely N-dealkylation sites (tertiary alicyclic amines) is 1. The van der Waals surface area contributed by atoms with E-state index < -0.39 is 0 Å². The van der Waals surface area contributed by atoms with Crippen LogP contribution >= 0.6 is 0 Å². The highest BCUT2D eigenvalue weighted by atomic mass is 16.1. The summed E-state index contributed by atoms with van der Waals surface area (Å²) in [4.78, 5) is 12.6. The molecule has 0 aliphatic carbocycles. The highest BCUT2D eigenvalue weighted by molar-refractivity contribution is 5.64. The van der Waals surface area contributed by atoms with Crippen LogP contribution in [0.25, 0.3) is 0 Å². The van der Waals surface area contributed by atoms with Crippen LogP contribution in [-0.4, -0.2) is 30.8 Å². The van der Waals surface area contributed by atoms with Crippen molar-refractivity contribution in [1.82, 2.24) is 4.90 Å². The van der Waals surface area contributed by atoms with Crippen LogP contribution < -0.4 is 0 Å². The lowest BCUT2D eigenvalue weighted by Gasteiger charge is -2.31. The predicted molar refractivity (Wildman–Crippen MR) is 54.7 cm³/mol. The van der Waals surface area contributed by atoms with E-state index in [-0.39, 0.29) is 0 Å².